The number of hydrogen-bond donors (Lipinski definition) is 1. The molecule has 1 N–H and O–H groups in total. The number of rotatable bonds is 6. The number of nitrogens with zero attached hydrogens (tertiary/aromatic N) is 4. The molecule has 0 aliphatic carbocycles. The molecule has 0 spiro atoms. The van der Waals surface area contributed by atoms with Crippen LogP contribution in [-0.2, 0) is 4.74 Å². The summed E-state index contributed by atoms with van der Waals surface area (Å²) in [6.07, 6.45) is 0.834. The largest absolute Gasteiger partial charge is 0.385 e. The van der Waals surface area contributed by atoms with E-state index >= 15 is 0 Å². The van der Waals surface area contributed by atoms with Crippen molar-refractivity contribution in [2.75, 3.05) is 51.3 Å². The predicted octanol–water partition coefficient (Wildman–Crippen LogP) is 1.78. The van der Waals surface area contributed by atoms with Gasteiger partial charge in [-0.05, 0) is 13.3 Å². The number of amides is 2. The number of methoxy groups -OCH3 is 1. The Balaban J connectivity index is 1.87. The van der Waals surface area contributed by atoms with E-state index in [0.29, 0.717) is 32.2 Å². The lowest BCUT2D eigenvalue weighted by atomic mass is 10.2. The van der Waals surface area contributed by atoms with Gasteiger partial charge in [-0.15, -0.1) is 0 Å². The molecule has 0 atom stereocenters. The third-order valence-electron chi connectivity index (χ3n) is 4.07. The van der Waals surface area contributed by atoms with Crippen LogP contribution in [0.1, 0.15) is 37.7 Å². The minimum Gasteiger partial charge on any atom is -0.385 e. The van der Waals surface area contributed by atoms with Crippen molar-refractivity contribution in [2.45, 2.75) is 33.1 Å². The van der Waals surface area contributed by atoms with E-state index in [1.807, 2.05) is 17.9 Å². The SMILES string of the molecule is COCCCNC(=O)N1CCN(c2cc(C)nc(C(C)C)n2)CC1. The van der Waals surface area contributed by atoms with Gasteiger partial charge in [-0.2, -0.15) is 0 Å². The minimum absolute atomic E-state index is 0.00694. The van der Waals surface area contributed by atoms with Crippen LogP contribution in [-0.4, -0.2) is 67.3 Å². The summed E-state index contributed by atoms with van der Waals surface area (Å²) in [5, 5.41) is 2.94. The molecule has 7 nitrogen and oxygen atoms in total. The molecule has 134 valence electrons. The Morgan fingerprint density at radius 1 is 1.29 bits per heavy atom. The summed E-state index contributed by atoms with van der Waals surface area (Å²) in [5.74, 6) is 2.15. The second-order valence-corrected chi connectivity index (χ2v) is 6.43. The third kappa shape index (κ3) is 5.06. The first-order chi connectivity index (χ1) is 11.5. The molecule has 1 aromatic heterocycles. The molecule has 1 saturated heterocycles. The Hall–Kier alpha value is -1.89. The smallest absolute Gasteiger partial charge is 0.317 e. The number of ether oxygens (including phenoxy) is 1. The molecule has 1 aliphatic heterocycles. The van der Waals surface area contributed by atoms with Gasteiger partial charge in [-0.1, -0.05) is 13.8 Å². The highest BCUT2D eigenvalue weighted by molar-refractivity contribution is 5.74. The molecule has 2 heterocycles. The molecule has 0 bridgehead atoms. The molecular weight excluding hydrogens is 306 g/mol. The molecule has 2 rings (SSSR count). The maximum Gasteiger partial charge on any atom is 0.317 e. The number of urea groups is 1. The average Bonchev–Trinajstić information content (AvgIpc) is 2.58. The Morgan fingerprint density at radius 3 is 2.62 bits per heavy atom. The second-order valence-electron chi connectivity index (χ2n) is 6.43. The lowest BCUT2D eigenvalue weighted by molar-refractivity contribution is 0.183. The van der Waals surface area contributed by atoms with Crippen molar-refractivity contribution < 1.29 is 9.53 Å². The number of aryl methyl sites for hydroxylation is 1. The Kier molecular flexibility index (Phi) is 6.78. The summed E-state index contributed by atoms with van der Waals surface area (Å²) >= 11 is 0. The van der Waals surface area contributed by atoms with Crippen molar-refractivity contribution in [1.29, 1.82) is 0 Å². The zero-order valence-corrected chi connectivity index (χ0v) is 15.2. The number of hydrogen-bond acceptors (Lipinski definition) is 5. The summed E-state index contributed by atoms with van der Waals surface area (Å²) in [6, 6.07) is 2.03. The van der Waals surface area contributed by atoms with Crippen molar-refractivity contribution in [3.8, 4) is 0 Å². The fourth-order valence-electron chi connectivity index (χ4n) is 2.66. The molecule has 7 heteroatoms. The van der Waals surface area contributed by atoms with Crippen LogP contribution in [0.5, 0.6) is 0 Å². The minimum atomic E-state index is 0.00694. The number of carbonyl (C=O) groups excluding carboxylic acids is 1. The van der Waals surface area contributed by atoms with Crippen LogP contribution >= 0.6 is 0 Å². The van der Waals surface area contributed by atoms with Crippen molar-refractivity contribution >= 4 is 11.8 Å². The molecule has 0 radical (unpaired) electrons. The van der Waals surface area contributed by atoms with E-state index in [9.17, 15) is 4.79 Å². The van der Waals surface area contributed by atoms with Crippen LogP contribution in [0.4, 0.5) is 10.6 Å². The van der Waals surface area contributed by atoms with Crippen LogP contribution in [0.3, 0.4) is 0 Å². The molecule has 24 heavy (non-hydrogen) atoms. The zero-order chi connectivity index (χ0) is 17.5. The highest BCUT2D eigenvalue weighted by atomic mass is 16.5. The van der Waals surface area contributed by atoms with Crippen LogP contribution in [0.2, 0.25) is 0 Å². The van der Waals surface area contributed by atoms with Crippen LogP contribution in [0, 0.1) is 6.92 Å². The molecule has 0 saturated carbocycles. The normalized spacial score (nSPS) is 15.0. The number of anilines is 1. The maximum atomic E-state index is 12.1. The zero-order valence-electron chi connectivity index (χ0n) is 15.2. The van der Waals surface area contributed by atoms with E-state index in [0.717, 1.165) is 36.8 Å². The first kappa shape index (κ1) is 18.4. The maximum absolute atomic E-state index is 12.1. The van der Waals surface area contributed by atoms with Gasteiger partial charge in [0.1, 0.15) is 11.6 Å². The molecule has 0 aromatic carbocycles. The first-order valence-electron chi connectivity index (χ1n) is 8.63. The van der Waals surface area contributed by atoms with Gasteiger partial charge in [0.2, 0.25) is 0 Å². The fraction of sp³-hybridized carbons (Fsp3) is 0.706. The summed E-state index contributed by atoms with van der Waals surface area (Å²) in [4.78, 5) is 25.4. The molecule has 0 unspecified atom stereocenters. The van der Waals surface area contributed by atoms with Crippen molar-refractivity contribution in [3.05, 3.63) is 17.6 Å². The van der Waals surface area contributed by atoms with E-state index in [-0.39, 0.29) is 6.03 Å². The van der Waals surface area contributed by atoms with Gasteiger partial charge in [0.15, 0.2) is 0 Å². The molecule has 1 aliphatic rings. The monoisotopic (exact) mass is 335 g/mol. The van der Waals surface area contributed by atoms with E-state index in [1.165, 1.54) is 0 Å². The van der Waals surface area contributed by atoms with Crippen molar-refractivity contribution in [3.63, 3.8) is 0 Å². The van der Waals surface area contributed by atoms with Gasteiger partial charge < -0.3 is 19.9 Å². The van der Waals surface area contributed by atoms with Crippen LogP contribution in [0.25, 0.3) is 0 Å². The summed E-state index contributed by atoms with van der Waals surface area (Å²) in [5.41, 5.74) is 0.988. The summed E-state index contributed by atoms with van der Waals surface area (Å²) in [6.45, 7) is 10.5. The van der Waals surface area contributed by atoms with Gasteiger partial charge in [0, 0.05) is 64.1 Å². The van der Waals surface area contributed by atoms with Gasteiger partial charge in [-0.3, -0.25) is 0 Å². The quantitative estimate of drug-likeness (QED) is 0.803. The predicted molar refractivity (Wildman–Crippen MR) is 94.5 cm³/mol. The first-order valence-corrected chi connectivity index (χ1v) is 8.63. The highest BCUT2D eigenvalue weighted by Crippen LogP contribution is 2.18. The lowest BCUT2D eigenvalue weighted by Gasteiger charge is -2.35. The Bertz CT molecular complexity index is 542. The van der Waals surface area contributed by atoms with Crippen molar-refractivity contribution in [2.24, 2.45) is 0 Å². The van der Waals surface area contributed by atoms with Crippen LogP contribution < -0.4 is 10.2 Å². The van der Waals surface area contributed by atoms with Gasteiger partial charge in [-0.25, -0.2) is 14.8 Å². The number of piperazine rings is 1. The van der Waals surface area contributed by atoms with Crippen LogP contribution in [0.15, 0.2) is 6.07 Å². The van der Waals surface area contributed by atoms with Gasteiger partial charge in [0.25, 0.3) is 0 Å². The van der Waals surface area contributed by atoms with Crippen molar-refractivity contribution in [1.82, 2.24) is 20.2 Å². The standard InChI is InChI=1S/C17H29N5O2/c1-13(2)16-19-14(3)12-15(20-16)21-7-9-22(10-8-21)17(23)18-6-5-11-24-4/h12-13H,5-11H2,1-4H3,(H,18,23). The summed E-state index contributed by atoms with van der Waals surface area (Å²) in [7, 11) is 1.67. The van der Waals surface area contributed by atoms with E-state index in [2.05, 4.69) is 34.0 Å². The number of nitrogens with one attached hydrogen (secondary N) is 1. The summed E-state index contributed by atoms with van der Waals surface area (Å²) < 4.78 is 4.98. The van der Waals surface area contributed by atoms with E-state index < -0.39 is 0 Å². The second kappa shape index (κ2) is 8.82. The third-order valence-corrected chi connectivity index (χ3v) is 4.07. The van der Waals surface area contributed by atoms with Gasteiger partial charge in [0.05, 0.1) is 0 Å². The Morgan fingerprint density at radius 2 is 2.00 bits per heavy atom. The van der Waals surface area contributed by atoms with E-state index in [4.69, 9.17) is 4.74 Å². The Labute approximate surface area is 144 Å². The average molecular weight is 335 g/mol. The highest BCUT2D eigenvalue weighted by Gasteiger charge is 2.22. The topological polar surface area (TPSA) is 70.6 Å². The van der Waals surface area contributed by atoms with Gasteiger partial charge >= 0.3 is 6.03 Å². The van der Waals surface area contributed by atoms with E-state index in [1.54, 1.807) is 7.11 Å². The number of carbonyl (C=O) groups is 1. The molecule has 1 fully saturated rings. The molecular formula is C17H29N5O2. The molecule has 2 amide bonds. The molecule has 1 aromatic rings. The number of aromatic nitrogens is 2. The fourth-order valence-corrected chi connectivity index (χ4v) is 2.66. The lowest BCUT2D eigenvalue weighted by Crippen LogP contribution is -2.52.